The Hall–Kier alpha value is -2.24. The van der Waals surface area contributed by atoms with Crippen molar-refractivity contribution in [2.45, 2.75) is 89.6 Å². The van der Waals surface area contributed by atoms with E-state index in [0.717, 1.165) is 57.4 Å². The van der Waals surface area contributed by atoms with Crippen LogP contribution in [0.3, 0.4) is 0 Å². The third kappa shape index (κ3) is 5.16. The molecule has 4 atom stereocenters. The summed E-state index contributed by atoms with van der Waals surface area (Å²) in [6, 6.07) is 2.69. The fraction of sp³-hybridized carbons (Fsp3) is 0.700. The minimum atomic E-state index is -0.549. The first-order valence-electron chi connectivity index (χ1n) is 14.9. The summed E-state index contributed by atoms with van der Waals surface area (Å²) in [6.45, 7) is 12.1. The molecule has 1 aliphatic carbocycles. The van der Waals surface area contributed by atoms with Gasteiger partial charge in [0, 0.05) is 43.0 Å². The number of likely N-dealkylation sites (tertiary alicyclic amines) is 1. The van der Waals surface area contributed by atoms with E-state index in [1.807, 2.05) is 38.7 Å². The van der Waals surface area contributed by atoms with Crippen LogP contribution in [0.25, 0.3) is 10.9 Å². The number of rotatable bonds is 6. The van der Waals surface area contributed by atoms with Crippen molar-refractivity contribution in [3.8, 4) is 6.01 Å². The van der Waals surface area contributed by atoms with Gasteiger partial charge in [-0.1, -0.05) is 0 Å². The highest BCUT2D eigenvalue weighted by molar-refractivity contribution is 9.10. The summed E-state index contributed by atoms with van der Waals surface area (Å²) >= 11 is 3.40. The van der Waals surface area contributed by atoms with Gasteiger partial charge in [0.25, 0.3) is 0 Å². The predicted octanol–water partition coefficient (Wildman–Crippen LogP) is 5.06. The number of aromatic nitrogens is 2. The number of piperazine rings is 1. The zero-order valence-electron chi connectivity index (χ0n) is 24.3. The Morgan fingerprint density at radius 2 is 1.90 bits per heavy atom. The molecule has 4 aliphatic heterocycles. The van der Waals surface area contributed by atoms with Crippen LogP contribution in [0.1, 0.15) is 58.4 Å². The Bertz CT molecular complexity index is 1370. The third-order valence-corrected chi connectivity index (χ3v) is 10.4. The van der Waals surface area contributed by atoms with E-state index in [0.29, 0.717) is 47.5 Å². The summed E-state index contributed by atoms with van der Waals surface area (Å²) in [5, 5.41) is 0.662. The molecule has 7 rings (SSSR count). The summed E-state index contributed by atoms with van der Waals surface area (Å²) < 4.78 is 33.8. The molecule has 0 spiro atoms. The number of ether oxygens (including phenoxy) is 3. The number of halogens is 2. The lowest BCUT2D eigenvalue weighted by molar-refractivity contribution is 0.0123. The largest absolute Gasteiger partial charge is 0.463 e. The third-order valence-electron chi connectivity index (χ3n) is 9.42. The molecule has 1 aromatic heterocycles. The molecule has 11 heteroatoms. The van der Waals surface area contributed by atoms with Crippen molar-refractivity contribution in [3.63, 3.8) is 0 Å². The molecule has 4 saturated heterocycles. The van der Waals surface area contributed by atoms with Crippen molar-refractivity contribution in [3.05, 3.63) is 21.9 Å². The van der Waals surface area contributed by atoms with E-state index in [1.54, 1.807) is 0 Å². The number of fused-ring (bicyclic) bond motifs is 5. The van der Waals surface area contributed by atoms with E-state index in [2.05, 4.69) is 30.7 Å². The maximum atomic E-state index is 15.6. The molecule has 5 heterocycles. The molecule has 1 amide bonds. The van der Waals surface area contributed by atoms with Gasteiger partial charge in [0.2, 0.25) is 0 Å². The van der Waals surface area contributed by atoms with Crippen molar-refractivity contribution in [2.75, 3.05) is 44.3 Å². The van der Waals surface area contributed by atoms with Gasteiger partial charge < -0.3 is 19.1 Å². The van der Waals surface area contributed by atoms with E-state index < -0.39 is 11.4 Å². The highest BCUT2D eigenvalue weighted by Crippen LogP contribution is 2.48. The topological polar surface area (TPSA) is 80.3 Å². The number of amides is 1. The lowest BCUT2D eigenvalue weighted by Gasteiger charge is -2.42. The Kier molecular flexibility index (Phi) is 6.67. The first-order chi connectivity index (χ1) is 19.5. The highest BCUT2D eigenvalue weighted by atomic mass is 79.9. The molecule has 9 nitrogen and oxygen atoms in total. The Labute approximate surface area is 248 Å². The molecule has 4 bridgehead atoms. The number of benzene rings is 1. The average molecular weight is 633 g/mol. The van der Waals surface area contributed by atoms with Gasteiger partial charge in [0.15, 0.2) is 5.82 Å². The van der Waals surface area contributed by atoms with Gasteiger partial charge in [-0.2, -0.15) is 9.97 Å². The molecule has 0 radical (unpaired) electrons. The summed E-state index contributed by atoms with van der Waals surface area (Å²) in [7, 11) is 0. The number of aryl methyl sites for hydroxylation is 1. The molecule has 1 aromatic carbocycles. The lowest BCUT2D eigenvalue weighted by Crippen LogP contribution is -2.57. The maximum Gasteiger partial charge on any atom is 0.410 e. The number of hydrogen-bond acceptors (Lipinski definition) is 8. The Morgan fingerprint density at radius 3 is 2.51 bits per heavy atom. The average Bonchev–Trinajstić information content (AvgIpc) is 3.20. The summed E-state index contributed by atoms with van der Waals surface area (Å²) in [6.07, 6.45) is 5.26. The van der Waals surface area contributed by atoms with E-state index in [1.165, 1.54) is 0 Å². The lowest BCUT2D eigenvalue weighted by atomic mass is 10.1. The number of anilines is 1. The SMILES string of the molecule is Cc1cc2c(N3CC4CCC(C3)N4C(=O)OC(C)(C)C)nc(OCC3(CN4C[C@@H]5C[C@H]4CO5)CC3)nc2c(F)c1Br. The minimum Gasteiger partial charge on any atom is -0.463 e. The smallest absolute Gasteiger partial charge is 0.410 e. The molecule has 1 saturated carbocycles. The second kappa shape index (κ2) is 9.91. The van der Waals surface area contributed by atoms with Crippen molar-refractivity contribution < 1.29 is 23.4 Å². The maximum absolute atomic E-state index is 15.6. The summed E-state index contributed by atoms with van der Waals surface area (Å²) in [4.78, 5) is 29.2. The van der Waals surface area contributed by atoms with Crippen molar-refractivity contribution in [1.82, 2.24) is 19.8 Å². The van der Waals surface area contributed by atoms with E-state index >= 15 is 4.39 Å². The molecule has 41 heavy (non-hydrogen) atoms. The number of morpholine rings is 1. The van der Waals surface area contributed by atoms with Crippen molar-refractivity contribution in [1.29, 1.82) is 0 Å². The van der Waals surface area contributed by atoms with E-state index in [-0.39, 0.29) is 35.1 Å². The first kappa shape index (κ1) is 27.6. The van der Waals surface area contributed by atoms with Gasteiger partial charge in [-0.25, -0.2) is 9.18 Å². The fourth-order valence-corrected chi connectivity index (χ4v) is 7.44. The molecule has 0 N–H and O–H groups in total. The van der Waals surface area contributed by atoms with Crippen LogP contribution in [-0.2, 0) is 9.47 Å². The fourth-order valence-electron chi connectivity index (χ4n) is 7.14. The van der Waals surface area contributed by atoms with Crippen LogP contribution in [0.5, 0.6) is 6.01 Å². The van der Waals surface area contributed by atoms with E-state index in [9.17, 15) is 4.79 Å². The molecule has 5 aliphatic rings. The van der Waals surface area contributed by atoms with Crippen LogP contribution >= 0.6 is 15.9 Å². The van der Waals surface area contributed by atoms with E-state index in [4.69, 9.17) is 19.2 Å². The first-order valence-corrected chi connectivity index (χ1v) is 15.7. The standard InChI is InChI=1S/C30H39BrFN5O4/c1-17-9-22-25(24(32)23(17)31)33-27(40-16-30(7-8-30)15-36-13-21-10-20(36)14-39-21)34-26(22)35-11-18-5-6-19(12-35)37(18)28(38)41-29(2,3)4/h9,18-21H,5-8,10-16H2,1-4H3/t18?,19?,20-,21-/m0/s1. The van der Waals surface area contributed by atoms with Gasteiger partial charge in [-0.05, 0) is 87.4 Å². The Morgan fingerprint density at radius 1 is 1.17 bits per heavy atom. The minimum absolute atomic E-state index is 0.00822. The molecular formula is C30H39BrFN5O4. The predicted molar refractivity (Wildman–Crippen MR) is 156 cm³/mol. The molecular weight excluding hydrogens is 593 g/mol. The second-order valence-electron chi connectivity index (χ2n) is 13.8. The van der Waals surface area contributed by atoms with Crippen molar-refractivity contribution in [2.24, 2.45) is 5.41 Å². The van der Waals surface area contributed by atoms with Crippen LogP contribution in [0.15, 0.2) is 10.5 Å². The van der Waals surface area contributed by atoms with Gasteiger partial charge in [-0.15, -0.1) is 0 Å². The van der Waals surface area contributed by atoms with Gasteiger partial charge >= 0.3 is 12.1 Å². The van der Waals surface area contributed by atoms with Crippen LogP contribution in [-0.4, -0.2) is 95.1 Å². The van der Waals surface area contributed by atoms with Crippen molar-refractivity contribution >= 4 is 38.7 Å². The van der Waals surface area contributed by atoms with Gasteiger partial charge in [0.1, 0.15) is 16.9 Å². The van der Waals surface area contributed by atoms with Crippen LogP contribution in [0, 0.1) is 18.2 Å². The van der Waals surface area contributed by atoms with Crippen LogP contribution in [0.4, 0.5) is 15.0 Å². The number of nitrogens with zero attached hydrogens (tertiary/aromatic N) is 5. The second-order valence-corrected chi connectivity index (χ2v) is 14.6. The zero-order valence-corrected chi connectivity index (χ0v) is 25.9. The van der Waals surface area contributed by atoms with Crippen LogP contribution < -0.4 is 9.64 Å². The number of carbonyl (C=O) groups is 1. The summed E-state index contributed by atoms with van der Waals surface area (Å²) in [5.74, 6) is 0.261. The Balaban J connectivity index is 1.15. The molecule has 2 unspecified atom stereocenters. The molecule has 222 valence electrons. The normalized spacial score (nSPS) is 28.5. The monoisotopic (exact) mass is 631 g/mol. The quantitative estimate of drug-likeness (QED) is 0.438. The molecule has 5 fully saturated rings. The van der Waals surface area contributed by atoms with Gasteiger partial charge in [0.05, 0.1) is 35.9 Å². The zero-order chi connectivity index (χ0) is 28.7. The van der Waals surface area contributed by atoms with Gasteiger partial charge in [-0.3, -0.25) is 9.80 Å². The number of hydrogen-bond donors (Lipinski definition) is 0. The molecule has 2 aromatic rings. The highest BCUT2D eigenvalue weighted by Gasteiger charge is 2.50. The summed E-state index contributed by atoms with van der Waals surface area (Å²) in [5.41, 5.74) is 0.577. The van der Waals surface area contributed by atoms with Crippen LogP contribution in [0.2, 0.25) is 0 Å². The number of carbonyl (C=O) groups excluding carboxylic acids is 1.